The number of halogens is 2. The molecule has 0 fully saturated rings. The van der Waals surface area contributed by atoms with Gasteiger partial charge in [-0.15, -0.1) is 0 Å². The Morgan fingerprint density at radius 1 is 1.24 bits per heavy atom. The monoisotopic (exact) mass is 453 g/mol. The Morgan fingerprint density at radius 2 is 1.76 bits per heavy atom. The van der Waals surface area contributed by atoms with Gasteiger partial charge in [0.05, 0.1) is 21.2 Å². The van der Waals surface area contributed by atoms with Crippen molar-refractivity contribution in [2.75, 3.05) is 0 Å². The lowest BCUT2D eigenvalue weighted by molar-refractivity contribution is -0.146. The van der Waals surface area contributed by atoms with Gasteiger partial charge in [0.25, 0.3) is 0 Å². The van der Waals surface area contributed by atoms with Gasteiger partial charge in [0.2, 0.25) is 10.0 Å². The molecule has 0 amide bonds. The molecule has 2 N–H and O–H groups in total. The third-order valence-corrected chi connectivity index (χ3v) is 7.76. The number of carboxylic acid groups (broad SMARTS) is 1. The van der Waals surface area contributed by atoms with Crippen molar-refractivity contribution >= 4 is 43.5 Å². The summed E-state index contributed by atoms with van der Waals surface area (Å²) >= 11 is 9.47. The zero-order valence-electron chi connectivity index (χ0n) is 15.2. The van der Waals surface area contributed by atoms with Crippen LogP contribution in [0.2, 0.25) is 5.02 Å². The Bertz CT molecular complexity index is 758. The zero-order chi connectivity index (χ0) is 19.8. The van der Waals surface area contributed by atoms with E-state index in [-0.39, 0.29) is 5.92 Å². The van der Waals surface area contributed by atoms with Gasteiger partial charge in [-0.25, -0.2) is 13.1 Å². The van der Waals surface area contributed by atoms with Crippen LogP contribution >= 0.6 is 27.5 Å². The highest BCUT2D eigenvalue weighted by Crippen LogP contribution is 2.39. The summed E-state index contributed by atoms with van der Waals surface area (Å²) in [7, 11) is -3.81. The Kier molecular flexibility index (Phi) is 6.76. The standard InChI is InChI=1S/C17H25BrClNO4S/c1-10(2)14(15(21)22)17(6,20-25(23,24)16(3,4)5)11-7-8-12(18)13(19)9-11/h7-10,14,20H,1-6H3,(H,21,22). The fourth-order valence-corrected chi connectivity index (χ4v) is 4.29. The molecular formula is C17H25BrClNO4S. The largest absolute Gasteiger partial charge is 0.481 e. The molecule has 25 heavy (non-hydrogen) atoms. The number of hydrogen-bond acceptors (Lipinski definition) is 3. The van der Waals surface area contributed by atoms with Gasteiger partial charge >= 0.3 is 5.97 Å². The quantitative estimate of drug-likeness (QED) is 0.667. The average molecular weight is 455 g/mol. The highest BCUT2D eigenvalue weighted by Gasteiger charge is 2.47. The summed E-state index contributed by atoms with van der Waals surface area (Å²) in [6, 6.07) is 4.95. The van der Waals surface area contributed by atoms with Gasteiger partial charge < -0.3 is 5.11 Å². The first-order valence-corrected chi connectivity index (χ1v) is 10.5. The molecule has 0 aliphatic carbocycles. The first kappa shape index (κ1) is 22.4. The molecule has 1 aromatic rings. The van der Waals surface area contributed by atoms with Gasteiger partial charge in [0.1, 0.15) is 0 Å². The molecule has 0 saturated carbocycles. The van der Waals surface area contributed by atoms with Crippen LogP contribution in [0.1, 0.15) is 47.1 Å². The average Bonchev–Trinajstić information content (AvgIpc) is 2.38. The number of sulfonamides is 1. The van der Waals surface area contributed by atoms with Crippen LogP contribution in [0.3, 0.4) is 0 Å². The summed E-state index contributed by atoms with van der Waals surface area (Å²) in [5, 5.41) is 10.2. The van der Waals surface area contributed by atoms with Gasteiger partial charge in [0, 0.05) is 4.47 Å². The number of hydrogen-bond donors (Lipinski definition) is 2. The molecule has 2 atom stereocenters. The van der Waals surface area contributed by atoms with Crippen LogP contribution in [0.25, 0.3) is 0 Å². The molecule has 8 heteroatoms. The van der Waals surface area contributed by atoms with Crippen molar-refractivity contribution < 1.29 is 18.3 Å². The number of carbonyl (C=O) groups is 1. The minimum Gasteiger partial charge on any atom is -0.481 e. The Balaban J connectivity index is 3.66. The van der Waals surface area contributed by atoms with Crippen molar-refractivity contribution in [3.05, 3.63) is 33.3 Å². The number of rotatable bonds is 6. The molecular weight excluding hydrogens is 430 g/mol. The zero-order valence-corrected chi connectivity index (χ0v) is 18.4. The number of benzene rings is 1. The maximum atomic E-state index is 12.8. The molecule has 1 rings (SSSR count). The molecule has 0 radical (unpaired) electrons. The molecule has 5 nitrogen and oxygen atoms in total. The van der Waals surface area contributed by atoms with E-state index in [1.807, 2.05) is 0 Å². The van der Waals surface area contributed by atoms with Gasteiger partial charge in [-0.05, 0) is 67.2 Å². The maximum absolute atomic E-state index is 12.8. The minimum absolute atomic E-state index is 0.312. The van der Waals surface area contributed by atoms with E-state index in [1.54, 1.807) is 59.7 Å². The first-order valence-electron chi connectivity index (χ1n) is 7.85. The van der Waals surface area contributed by atoms with Gasteiger partial charge in [0.15, 0.2) is 0 Å². The second-order valence-electron chi connectivity index (χ2n) is 7.61. The molecule has 2 unspecified atom stereocenters. The Morgan fingerprint density at radius 3 is 2.12 bits per heavy atom. The van der Waals surface area contributed by atoms with E-state index in [1.165, 1.54) is 0 Å². The van der Waals surface area contributed by atoms with Crippen LogP contribution in [0.4, 0.5) is 0 Å². The molecule has 0 aliphatic rings. The van der Waals surface area contributed by atoms with Crippen LogP contribution in [-0.2, 0) is 20.4 Å². The van der Waals surface area contributed by atoms with Crippen LogP contribution in [0, 0.1) is 11.8 Å². The molecule has 142 valence electrons. The van der Waals surface area contributed by atoms with E-state index in [4.69, 9.17) is 11.6 Å². The summed E-state index contributed by atoms with van der Waals surface area (Å²) in [4.78, 5) is 12.0. The van der Waals surface area contributed by atoms with Crippen LogP contribution < -0.4 is 4.72 Å². The smallest absolute Gasteiger partial charge is 0.309 e. The van der Waals surface area contributed by atoms with Crippen molar-refractivity contribution in [3.63, 3.8) is 0 Å². The lowest BCUT2D eigenvalue weighted by Crippen LogP contribution is -2.56. The molecule has 1 aromatic carbocycles. The second-order valence-corrected chi connectivity index (χ2v) is 11.3. The molecule has 0 spiro atoms. The van der Waals surface area contributed by atoms with Crippen molar-refractivity contribution in [1.29, 1.82) is 0 Å². The lowest BCUT2D eigenvalue weighted by atomic mass is 9.74. The van der Waals surface area contributed by atoms with Crippen LogP contribution in [0.5, 0.6) is 0 Å². The van der Waals surface area contributed by atoms with E-state index < -0.39 is 32.2 Å². The van der Waals surface area contributed by atoms with E-state index in [2.05, 4.69) is 20.7 Å². The lowest BCUT2D eigenvalue weighted by Gasteiger charge is -2.40. The Hall–Kier alpha value is -0.630. The van der Waals surface area contributed by atoms with Gasteiger partial charge in [-0.3, -0.25) is 4.79 Å². The highest BCUT2D eigenvalue weighted by atomic mass is 79.9. The third kappa shape index (κ3) is 4.76. The van der Waals surface area contributed by atoms with E-state index in [0.717, 1.165) is 0 Å². The van der Waals surface area contributed by atoms with Crippen molar-refractivity contribution in [3.8, 4) is 0 Å². The fourth-order valence-electron chi connectivity index (χ4n) is 2.75. The normalized spacial score (nSPS) is 16.5. The van der Waals surface area contributed by atoms with E-state index in [0.29, 0.717) is 15.1 Å². The number of nitrogens with one attached hydrogen (secondary N) is 1. The van der Waals surface area contributed by atoms with Gasteiger partial charge in [-0.2, -0.15) is 0 Å². The van der Waals surface area contributed by atoms with E-state index >= 15 is 0 Å². The number of carboxylic acids is 1. The SMILES string of the molecule is CC(C)C(C(=O)O)C(C)(NS(=O)(=O)C(C)(C)C)c1ccc(Br)c(Cl)c1. The van der Waals surface area contributed by atoms with Crippen LogP contribution in [-0.4, -0.2) is 24.2 Å². The predicted octanol–water partition coefficient (Wildman–Crippen LogP) is 4.39. The maximum Gasteiger partial charge on any atom is 0.309 e. The first-order chi connectivity index (χ1) is 11.1. The molecule has 0 aromatic heterocycles. The van der Waals surface area contributed by atoms with E-state index in [9.17, 15) is 18.3 Å². The minimum atomic E-state index is -3.81. The summed E-state index contributed by atoms with van der Waals surface area (Å²) < 4.78 is 27.8. The molecule has 0 saturated heterocycles. The fraction of sp³-hybridized carbons (Fsp3) is 0.588. The second kappa shape index (κ2) is 7.55. The summed E-state index contributed by atoms with van der Waals surface area (Å²) in [5.41, 5.74) is -0.870. The number of aliphatic carboxylic acids is 1. The van der Waals surface area contributed by atoms with Crippen molar-refractivity contribution in [1.82, 2.24) is 4.72 Å². The summed E-state index contributed by atoms with van der Waals surface area (Å²) in [5.74, 6) is -2.37. The highest BCUT2D eigenvalue weighted by molar-refractivity contribution is 9.10. The van der Waals surface area contributed by atoms with Crippen molar-refractivity contribution in [2.45, 2.75) is 51.8 Å². The predicted molar refractivity (Wildman–Crippen MR) is 104 cm³/mol. The summed E-state index contributed by atoms with van der Waals surface area (Å²) in [6.07, 6.45) is 0. The molecule has 0 bridgehead atoms. The Labute approximate surface area is 163 Å². The molecule has 0 aliphatic heterocycles. The summed E-state index contributed by atoms with van der Waals surface area (Å²) in [6.45, 7) is 9.79. The van der Waals surface area contributed by atoms with Crippen LogP contribution in [0.15, 0.2) is 22.7 Å². The third-order valence-electron chi connectivity index (χ3n) is 4.23. The van der Waals surface area contributed by atoms with Gasteiger partial charge in [-0.1, -0.05) is 31.5 Å². The molecule has 0 heterocycles. The van der Waals surface area contributed by atoms with Crippen molar-refractivity contribution in [2.24, 2.45) is 11.8 Å². The topological polar surface area (TPSA) is 83.5 Å².